The van der Waals surface area contributed by atoms with Crippen LogP contribution in [-0.2, 0) is 16.0 Å². The monoisotopic (exact) mass is 295 g/mol. The predicted molar refractivity (Wildman–Crippen MR) is 80.9 cm³/mol. The lowest BCUT2D eigenvalue weighted by molar-refractivity contribution is -0.143. The van der Waals surface area contributed by atoms with Gasteiger partial charge in [-0.25, -0.2) is 0 Å². The second-order valence-corrected chi connectivity index (χ2v) is 6.24. The summed E-state index contributed by atoms with van der Waals surface area (Å²) < 4.78 is 4.91. The van der Waals surface area contributed by atoms with E-state index in [1.54, 1.807) is 0 Å². The normalized spacial score (nSPS) is 18.9. The van der Waals surface area contributed by atoms with Crippen molar-refractivity contribution in [2.45, 2.75) is 45.2 Å². The summed E-state index contributed by atoms with van der Waals surface area (Å²) >= 11 is 6.02. The molecule has 1 aliphatic carbocycles. The Hall–Kier alpha value is -1.06. The lowest BCUT2D eigenvalue weighted by Crippen LogP contribution is -2.40. The van der Waals surface area contributed by atoms with Gasteiger partial charge in [0.2, 0.25) is 0 Å². The molecule has 0 aliphatic heterocycles. The molecule has 20 heavy (non-hydrogen) atoms. The van der Waals surface area contributed by atoms with Crippen molar-refractivity contribution >= 4 is 17.6 Å². The van der Waals surface area contributed by atoms with E-state index in [0.717, 1.165) is 24.3 Å². The Morgan fingerprint density at radius 3 is 2.90 bits per heavy atom. The Bertz CT molecular complexity index is 487. The van der Waals surface area contributed by atoms with Crippen molar-refractivity contribution in [3.63, 3.8) is 0 Å². The Morgan fingerprint density at radius 1 is 1.50 bits per heavy atom. The highest BCUT2D eigenvalue weighted by molar-refractivity contribution is 6.30. The molecule has 110 valence electrons. The number of nitrogens with one attached hydrogen (secondary N) is 1. The van der Waals surface area contributed by atoms with Crippen molar-refractivity contribution in [2.24, 2.45) is 5.92 Å². The minimum atomic E-state index is -0.244. The number of rotatable bonds is 5. The molecule has 1 aliphatic rings. The SMILES string of the molecule is COC(=O)C(CC(C)C)NC1CCc2cc(Cl)ccc21. The number of hydrogen-bond acceptors (Lipinski definition) is 3. The quantitative estimate of drug-likeness (QED) is 0.845. The van der Waals surface area contributed by atoms with Crippen LogP contribution < -0.4 is 5.32 Å². The maximum Gasteiger partial charge on any atom is 0.322 e. The fourth-order valence-electron chi connectivity index (χ4n) is 2.85. The van der Waals surface area contributed by atoms with Crippen molar-refractivity contribution in [3.05, 3.63) is 34.3 Å². The smallest absolute Gasteiger partial charge is 0.322 e. The highest BCUT2D eigenvalue weighted by Gasteiger charge is 2.28. The lowest BCUT2D eigenvalue weighted by Gasteiger charge is -2.23. The van der Waals surface area contributed by atoms with E-state index in [4.69, 9.17) is 16.3 Å². The molecule has 2 unspecified atom stereocenters. The Labute approximate surface area is 125 Å². The summed E-state index contributed by atoms with van der Waals surface area (Å²) in [6, 6.07) is 5.97. The third-order valence-corrected chi connectivity index (χ3v) is 4.01. The zero-order valence-electron chi connectivity index (χ0n) is 12.3. The number of halogens is 1. The minimum Gasteiger partial charge on any atom is -0.468 e. The second-order valence-electron chi connectivity index (χ2n) is 5.81. The molecule has 2 rings (SSSR count). The number of carbonyl (C=O) groups is 1. The molecule has 3 nitrogen and oxygen atoms in total. The van der Waals surface area contributed by atoms with Gasteiger partial charge in [0.25, 0.3) is 0 Å². The third-order valence-electron chi connectivity index (χ3n) is 3.78. The summed E-state index contributed by atoms with van der Waals surface area (Å²) in [6.45, 7) is 4.22. The standard InChI is InChI=1S/C16H22ClNO2/c1-10(2)8-15(16(19)20-3)18-14-7-4-11-9-12(17)5-6-13(11)14/h5-6,9-10,14-15,18H,4,7-8H2,1-3H3. The molecule has 0 aromatic heterocycles. The minimum absolute atomic E-state index is 0.180. The van der Waals surface area contributed by atoms with E-state index in [2.05, 4.69) is 25.2 Å². The maximum absolute atomic E-state index is 11.9. The van der Waals surface area contributed by atoms with E-state index in [1.165, 1.54) is 18.2 Å². The number of ether oxygens (including phenoxy) is 1. The van der Waals surface area contributed by atoms with Gasteiger partial charge in [-0.05, 0) is 48.4 Å². The average molecular weight is 296 g/mol. The number of aryl methyl sites for hydroxylation is 1. The largest absolute Gasteiger partial charge is 0.468 e. The first-order valence-electron chi connectivity index (χ1n) is 7.13. The first-order chi connectivity index (χ1) is 9.51. The first kappa shape index (κ1) is 15.3. The summed E-state index contributed by atoms with van der Waals surface area (Å²) in [5.74, 6) is 0.263. The molecule has 0 fully saturated rings. The van der Waals surface area contributed by atoms with Crippen LogP contribution in [-0.4, -0.2) is 19.1 Å². The van der Waals surface area contributed by atoms with Crippen molar-refractivity contribution in [1.29, 1.82) is 0 Å². The van der Waals surface area contributed by atoms with E-state index in [1.807, 2.05) is 12.1 Å². The van der Waals surface area contributed by atoms with Gasteiger partial charge in [-0.2, -0.15) is 0 Å². The molecule has 1 N–H and O–H groups in total. The highest BCUT2D eigenvalue weighted by Crippen LogP contribution is 2.33. The molecule has 1 aromatic carbocycles. The van der Waals surface area contributed by atoms with Gasteiger partial charge < -0.3 is 4.74 Å². The van der Waals surface area contributed by atoms with Gasteiger partial charge in [0.15, 0.2) is 0 Å². The van der Waals surface area contributed by atoms with Gasteiger partial charge in [0.05, 0.1) is 7.11 Å². The summed E-state index contributed by atoms with van der Waals surface area (Å²) in [5.41, 5.74) is 2.54. The average Bonchev–Trinajstić information content (AvgIpc) is 2.78. The zero-order valence-corrected chi connectivity index (χ0v) is 13.0. The fraction of sp³-hybridized carbons (Fsp3) is 0.562. The van der Waals surface area contributed by atoms with Gasteiger partial charge in [-0.3, -0.25) is 10.1 Å². The van der Waals surface area contributed by atoms with E-state index in [-0.39, 0.29) is 18.1 Å². The van der Waals surface area contributed by atoms with Gasteiger partial charge >= 0.3 is 5.97 Å². The van der Waals surface area contributed by atoms with Gasteiger partial charge in [0.1, 0.15) is 6.04 Å². The summed E-state index contributed by atoms with van der Waals surface area (Å²) in [6.07, 6.45) is 2.79. The van der Waals surface area contributed by atoms with Crippen LogP contribution in [0.15, 0.2) is 18.2 Å². The van der Waals surface area contributed by atoms with Gasteiger partial charge in [0, 0.05) is 11.1 Å². The molecule has 0 heterocycles. The molecule has 2 atom stereocenters. The molecule has 0 amide bonds. The molecule has 0 bridgehead atoms. The van der Waals surface area contributed by atoms with Gasteiger partial charge in [-0.15, -0.1) is 0 Å². The van der Waals surface area contributed by atoms with Crippen LogP contribution in [0.5, 0.6) is 0 Å². The number of fused-ring (bicyclic) bond motifs is 1. The number of methoxy groups -OCH3 is 1. The first-order valence-corrected chi connectivity index (χ1v) is 7.51. The molecular weight excluding hydrogens is 274 g/mol. The third kappa shape index (κ3) is 3.53. The van der Waals surface area contributed by atoms with Crippen LogP contribution in [0.2, 0.25) is 5.02 Å². The van der Waals surface area contributed by atoms with E-state index in [9.17, 15) is 4.79 Å². The van der Waals surface area contributed by atoms with Crippen molar-refractivity contribution in [1.82, 2.24) is 5.32 Å². The van der Waals surface area contributed by atoms with Crippen LogP contribution in [0.3, 0.4) is 0 Å². The fourth-order valence-corrected chi connectivity index (χ4v) is 3.04. The van der Waals surface area contributed by atoms with Gasteiger partial charge in [-0.1, -0.05) is 31.5 Å². The number of hydrogen-bond donors (Lipinski definition) is 1. The van der Waals surface area contributed by atoms with Crippen molar-refractivity contribution in [2.75, 3.05) is 7.11 Å². The summed E-state index contributed by atoms with van der Waals surface area (Å²) in [5, 5.41) is 4.23. The van der Waals surface area contributed by atoms with E-state index >= 15 is 0 Å². The Morgan fingerprint density at radius 2 is 2.25 bits per heavy atom. The maximum atomic E-state index is 11.9. The van der Waals surface area contributed by atoms with E-state index < -0.39 is 0 Å². The molecule has 0 spiro atoms. The van der Waals surface area contributed by atoms with Crippen LogP contribution >= 0.6 is 11.6 Å². The highest BCUT2D eigenvalue weighted by atomic mass is 35.5. The molecule has 1 aromatic rings. The molecule has 0 saturated carbocycles. The molecule has 4 heteroatoms. The number of esters is 1. The number of benzene rings is 1. The lowest BCUT2D eigenvalue weighted by atomic mass is 10.0. The molecule has 0 radical (unpaired) electrons. The van der Waals surface area contributed by atoms with E-state index in [0.29, 0.717) is 5.92 Å². The van der Waals surface area contributed by atoms with Crippen molar-refractivity contribution in [3.8, 4) is 0 Å². The number of carbonyl (C=O) groups excluding carboxylic acids is 1. The Kier molecular flexibility index (Phi) is 5.06. The summed E-state index contributed by atoms with van der Waals surface area (Å²) in [7, 11) is 1.44. The van der Waals surface area contributed by atoms with Crippen LogP contribution in [0.1, 0.15) is 43.9 Å². The molecular formula is C16H22ClNO2. The summed E-state index contributed by atoms with van der Waals surface area (Å²) in [4.78, 5) is 11.9. The van der Waals surface area contributed by atoms with Crippen LogP contribution in [0.25, 0.3) is 0 Å². The zero-order chi connectivity index (χ0) is 14.7. The molecule has 0 saturated heterocycles. The Balaban J connectivity index is 2.11. The topological polar surface area (TPSA) is 38.3 Å². The van der Waals surface area contributed by atoms with Crippen LogP contribution in [0.4, 0.5) is 0 Å². The van der Waals surface area contributed by atoms with Crippen LogP contribution in [0, 0.1) is 5.92 Å². The van der Waals surface area contributed by atoms with Crippen molar-refractivity contribution < 1.29 is 9.53 Å². The predicted octanol–water partition coefficient (Wildman–Crippen LogP) is 3.50. The second kappa shape index (κ2) is 6.59.